The van der Waals surface area contributed by atoms with E-state index >= 15 is 0 Å². The molecule has 4 nitrogen and oxygen atoms in total. The van der Waals surface area contributed by atoms with Gasteiger partial charge >= 0.3 is 5.97 Å². The van der Waals surface area contributed by atoms with Crippen molar-refractivity contribution in [2.75, 3.05) is 13.7 Å². The first-order chi connectivity index (χ1) is 8.08. The molecule has 1 unspecified atom stereocenters. The van der Waals surface area contributed by atoms with Gasteiger partial charge in [-0.15, -0.1) is 0 Å². The summed E-state index contributed by atoms with van der Waals surface area (Å²) in [5, 5.41) is 10.5. The fourth-order valence-corrected chi connectivity index (χ4v) is 2.63. The number of rotatable bonds is 5. The summed E-state index contributed by atoms with van der Waals surface area (Å²) in [7, 11) is 1.71. The van der Waals surface area contributed by atoms with E-state index in [1.807, 2.05) is 6.92 Å². The predicted octanol–water partition coefficient (Wildman–Crippen LogP) is 1.90. The third-order valence-corrected chi connectivity index (χ3v) is 3.85. The van der Waals surface area contributed by atoms with Crippen molar-refractivity contribution < 1.29 is 19.4 Å². The van der Waals surface area contributed by atoms with Crippen molar-refractivity contribution >= 4 is 5.97 Å². The maximum absolute atomic E-state index is 11.8. The molecular weight excluding hydrogens is 220 g/mol. The molecule has 0 bridgehead atoms. The molecule has 0 heterocycles. The van der Waals surface area contributed by atoms with Gasteiger partial charge in [-0.3, -0.25) is 0 Å². The van der Waals surface area contributed by atoms with Crippen LogP contribution in [0.3, 0.4) is 0 Å². The highest BCUT2D eigenvalue weighted by Crippen LogP contribution is 2.36. The smallest absolute Gasteiger partial charge is 0.338 e. The van der Waals surface area contributed by atoms with Gasteiger partial charge in [-0.25, -0.2) is 4.79 Å². The molecule has 0 aromatic heterocycles. The molecule has 1 atom stereocenters. The molecule has 0 spiro atoms. The van der Waals surface area contributed by atoms with Crippen molar-refractivity contribution in [1.29, 1.82) is 0 Å². The minimum atomic E-state index is -1.31. The Hall–Kier alpha value is -0.610. The van der Waals surface area contributed by atoms with Crippen LogP contribution in [0.2, 0.25) is 0 Å². The zero-order valence-corrected chi connectivity index (χ0v) is 11.1. The van der Waals surface area contributed by atoms with Crippen molar-refractivity contribution in [3.63, 3.8) is 0 Å². The molecule has 0 aromatic rings. The third-order valence-electron chi connectivity index (χ3n) is 3.85. The Kier molecular flexibility index (Phi) is 5.40. The zero-order valence-electron chi connectivity index (χ0n) is 11.1. The minimum absolute atomic E-state index is 0.00190. The number of ether oxygens (including phenoxy) is 2. The Morgan fingerprint density at radius 3 is 2.29 bits per heavy atom. The van der Waals surface area contributed by atoms with E-state index in [1.165, 1.54) is 0 Å². The van der Waals surface area contributed by atoms with Gasteiger partial charge in [0.25, 0.3) is 0 Å². The third kappa shape index (κ3) is 3.19. The van der Waals surface area contributed by atoms with Gasteiger partial charge in [-0.1, -0.05) is 6.92 Å². The summed E-state index contributed by atoms with van der Waals surface area (Å²) in [6.45, 7) is 3.91. The Labute approximate surface area is 103 Å². The van der Waals surface area contributed by atoms with Crippen LogP contribution in [0, 0.1) is 5.92 Å². The van der Waals surface area contributed by atoms with Gasteiger partial charge in [0.2, 0.25) is 0 Å². The molecule has 1 N–H and O–H groups in total. The molecular formula is C13H24O4. The van der Waals surface area contributed by atoms with E-state index in [0.29, 0.717) is 13.0 Å². The average Bonchev–Trinajstić information content (AvgIpc) is 2.38. The van der Waals surface area contributed by atoms with Crippen LogP contribution in [-0.2, 0) is 14.3 Å². The van der Waals surface area contributed by atoms with Crippen LogP contribution in [0.5, 0.6) is 0 Å². The zero-order chi connectivity index (χ0) is 12.9. The van der Waals surface area contributed by atoms with Crippen LogP contribution >= 0.6 is 0 Å². The number of carbonyl (C=O) groups excluding carboxylic acids is 1. The van der Waals surface area contributed by atoms with Gasteiger partial charge < -0.3 is 14.6 Å². The van der Waals surface area contributed by atoms with Crippen LogP contribution in [0.4, 0.5) is 0 Å². The lowest BCUT2D eigenvalue weighted by Gasteiger charge is -2.37. The monoisotopic (exact) mass is 244 g/mol. The van der Waals surface area contributed by atoms with Crippen LogP contribution in [0.15, 0.2) is 0 Å². The molecule has 17 heavy (non-hydrogen) atoms. The summed E-state index contributed by atoms with van der Waals surface area (Å²) in [6, 6.07) is 0. The Balaban J connectivity index is 2.64. The molecule has 1 rings (SSSR count). The molecule has 0 aliphatic heterocycles. The summed E-state index contributed by atoms with van der Waals surface area (Å²) in [5.74, 6) is -0.471. The van der Waals surface area contributed by atoms with E-state index < -0.39 is 11.6 Å². The molecule has 0 amide bonds. The largest absolute Gasteiger partial charge is 0.464 e. The van der Waals surface area contributed by atoms with E-state index in [1.54, 1.807) is 14.0 Å². The first-order valence-corrected chi connectivity index (χ1v) is 6.50. The number of hydrogen-bond acceptors (Lipinski definition) is 4. The quantitative estimate of drug-likeness (QED) is 0.750. The van der Waals surface area contributed by atoms with E-state index in [9.17, 15) is 9.90 Å². The predicted molar refractivity (Wildman–Crippen MR) is 64.6 cm³/mol. The molecule has 1 fully saturated rings. The topological polar surface area (TPSA) is 55.8 Å². The van der Waals surface area contributed by atoms with Crippen LogP contribution < -0.4 is 0 Å². The Bertz CT molecular complexity index is 246. The highest BCUT2D eigenvalue weighted by molar-refractivity contribution is 5.79. The lowest BCUT2D eigenvalue weighted by atomic mass is 9.74. The number of carbonyl (C=O) groups is 1. The van der Waals surface area contributed by atoms with Crippen molar-refractivity contribution in [1.82, 2.24) is 0 Å². The summed E-state index contributed by atoms with van der Waals surface area (Å²) < 4.78 is 10.3. The van der Waals surface area contributed by atoms with E-state index in [-0.39, 0.29) is 12.0 Å². The molecule has 1 aliphatic carbocycles. The van der Waals surface area contributed by atoms with Crippen molar-refractivity contribution in [2.24, 2.45) is 5.92 Å². The number of methoxy groups -OCH3 is 1. The Morgan fingerprint density at radius 1 is 1.29 bits per heavy atom. The van der Waals surface area contributed by atoms with E-state index in [0.717, 1.165) is 25.7 Å². The second-order valence-corrected chi connectivity index (χ2v) is 4.71. The summed E-state index contributed by atoms with van der Waals surface area (Å²) in [5.41, 5.74) is -1.31. The molecule has 4 heteroatoms. The number of aliphatic hydroxyl groups is 1. The highest BCUT2D eigenvalue weighted by atomic mass is 16.5. The normalized spacial score (nSPS) is 28.5. The van der Waals surface area contributed by atoms with Crippen LogP contribution in [0.25, 0.3) is 0 Å². The van der Waals surface area contributed by atoms with Crippen molar-refractivity contribution in [3.8, 4) is 0 Å². The van der Waals surface area contributed by atoms with Gasteiger partial charge in [0.15, 0.2) is 5.60 Å². The molecule has 1 saturated carbocycles. The molecule has 0 saturated heterocycles. The average molecular weight is 244 g/mol. The standard InChI is InChI=1S/C13H24O4/c1-4-13(15,12(14)17-5-2)10-6-8-11(16-3)9-7-10/h10-11,15H,4-9H2,1-3H3. The minimum Gasteiger partial charge on any atom is -0.464 e. The lowest BCUT2D eigenvalue weighted by Crippen LogP contribution is -2.48. The second kappa shape index (κ2) is 6.36. The Morgan fingerprint density at radius 2 is 1.88 bits per heavy atom. The fraction of sp³-hybridized carbons (Fsp3) is 0.923. The van der Waals surface area contributed by atoms with Gasteiger partial charge in [-0.05, 0) is 44.9 Å². The van der Waals surface area contributed by atoms with Gasteiger partial charge in [0, 0.05) is 7.11 Å². The maximum atomic E-state index is 11.8. The van der Waals surface area contributed by atoms with Crippen molar-refractivity contribution in [3.05, 3.63) is 0 Å². The molecule has 0 aromatic carbocycles. The fourth-order valence-electron chi connectivity index (χ4n) is 2.63. The molecule has 100 valence electrons. The summed E-state index contributed by atoms with van der Waals surface area (Å²) in [4.78, 5) is 11.8. The first kappa shape index (κ1) is 14.5. The van der Waals surface area contributed by atoms with Crippen LogP contribution in [-0.4, -0.2) is 36.5 Å². The van der Waals surface area contributed by atoms with E-state index in [4.69, 9.17) is 9.47 Å². The van der Waals surface area contributed by atoms with Gasteiger partial charge in [0.1, 0.15) is 0 Å². The number of hydrogen-bond donors (Lipinski definition) is 1. The lowest BCUT2D eigenvalue weighted by molar-refractivity contribution is -0.174. The van der Waals surface area contributed by atoms with Crippen LogP contribution in [0.1, 0.15) is 46.0 Å². The van der Waals surface area contributed by atoms with E-state index in [2.05, 4.69) is 0 Å². The van der Waals surface area contributed by atoms with Gasteiger partial charge in [-0.2, -0.15) is 0 Å². The SMILES string of the molecule is CCOC(=O)C(O)(CC)C1CCC(OC)CC1. The second-order valence-electron chi connectivity index (χ2n) is 4.71. The van der Waals surface area contributed by atoms with Gasteiger partial charge in [0.05, 0.1) is 12.7 Å². The first-order valence-electron chi connectivity index (χ1n) is 6.50. The summed E-state index contributed by atoms with van der Waals surface area (Å²) >= 11 is 0. The molecule has 1 aliphatic rings. The number of esters is 1. The molecule has 0 radical (unpaired) electrons. The highest BCUT2D eigenvalue weighted by Gasteiger charge is 2.44. The summed E-state index contributed by atoms with van der Waals surface area (Å²) in [6.07, 6.45) is 4.14. The maximum Gasteiger partial charge on any atom is 0.338 e. The van der Waals surface area contributed by atoms with Crippen molar-refractivity contribution in [2.45, 2.75) is 57.7 Å².